The van der Waals surface area contributed by atoms with Gasteiger partial charge < -0.3 is 9.67 Å². The SMILES string of the molecule is O=C(O)CCCCc1nc2ccccc2n1Cc1ccccc1. The summed E-state index contributed by atoms with van der Waals surface area (Å²) in [7, 11) is 0. The number of nitrogens with zero attached hydrogens (tertiary/aromatic N) is 2. The van der Waals surface area contributed by atoms with E-state index in [1.807, 2.05) is 36.4 Å². The van der Waals surface area contributed by atoms with Crippen LogP contribution in [0.25, 0.3) is 11.0 Å². The first-order valence-corrected chi connectivity index (χ1v) is 7.94. The number of para-hydroxylation sites is 2. The van der Waals surface area contributed by atoms with E-state index in [9.17, 15) is 4.79 Å². The molecule has 0 amide bonds. The highest BCUT2D eigenvalue weighted by Crippen LogP contribution is 2.19. The number of rotatable bonds is 7. The van der Waals surface area contributed by atoms with E-state index < -0.39 is 5.97 Å². The molecular formula is C19H20N2O2. The first kappa shape index (κ1) is 15.3. The molecular weight excluding hydrogens is 288 g/mol. The number of imidazole rings is 1. The van der Waals surface area contributed by atoms with Gasteiger partial charge in [-0.3, -0.25) is 4.79 Å². The molecule has 1 N–H and O–H groups in total. The topological polar surface area (TPSA) is 55.1 Å². The van der Waals surface area contributed by atoms with E-state index in [0.29, 0.717) is 6.42 Å². The maximum Gasteiger partial charge on any atom is 0.303 e. The normalized spacial score (nSPS) is 11.0. The Morgan fingerprint density at radius 2 is 1.74 bits per heavy atom. The number of benzene rings is 2. The molecule has 1 heterocycles. The van der Waals surface area contributed by atoms with Crippen molar-refractivity contribution >= 4 is 17.0 Å². The molecule has 23 heavy (non-hydrogen) atoms. The summed E-state index contributed by atoms with van der Waals surface area (Å²) in [6, 6.07) is 18.5. The molecule has 0 atom stereocenters. The van der Waals surface area contributed by atoms with Crippen LogP contribution in [0.15, 0.2) is 54.6 Å². The summed E-state index contributed by atoms with van der Waals surface area (Å²) in [4.78, 5) is 15.4. The van der Waals surface area contributed by atoms with Crippen molar-refractivity contribution in [1.29, 1.82) is 0 Å². The number of fused-ring (bicyclic) bond motifs is 1. The summed E-state index contributed by atoms with van der Waals surface area (Å²) < 4.78 is 2.24. The lowest BCUT2D eigenvalue weighted by molar-refractivity contribution is -0.137. The standard InChI is InChI=1S/C19H20N2O2/c22-19(23)13-7-6-12-18-20-16-10-4-5-11-17(16)21(18)14-15-8-2-1-3-9-15/h1-5,8-11H,6-7,12-14H2,(H,22,23). The van der Waals surface area contributed by atoms with E-state index in [1.54, 1.807) is 0 Å². The van der Waals surface area contributed by atoms with E-state index in [4.69, 9.17) is 10.1 Å². The number of carboxylic acid groups (broad SMARTS) is 1. The molecule has 0 aliphatic rings. The van der Waals surface area contributed by atoms with Gasteiger partial charge in [0.15, 0.2) is 0 Å². The van der Waals surface area contributed by atoms with Crippen LogP contribution in [0.5, 0.6) is 0 Å². The van der Waals surface area contributed by atoms with Gasteiger partial charge in [0.05, 0.1) is 11.0 Å². The van der Waals surface area contributed by atoms with Crippen LogP contribution in [0.1, 0.15) is 30.7 Å². The smallest absolute Gasteiger partial charge is 0.303 e. The van der Waals surface area contributed by atoms with Crippen LogP contribution in [-0.4, -0.2) is 20.6 Å². The Hall–Kier alpha value is -2.62. The van der Waals surface area contributed by atoms with Crippen molar-refractivity contribution in [3.63, 3.8) is 0 Å². The zero-order valence-electron chi connectivity index (χ0n) is 13.0. The van der Waals surface area contributed by atoms with Gasteiger partial charge in [0.25, 0.3) is 0 Å². The van der Waals surface area contributed by atoms with E-state index in [-0.39, 0.29) is 6.42 Å². The second-order valence-electron chi connectivity index (χ2n) is 5.69. The zero-order chi connectivity index (χ0) is 16.1. The number of aryl methyl sites for hydroxylation is 1. The predicted molar refractivity (Wildman–Crippen MR) is 90.5 cm³/mol. The predicted octanol–water partition coefficient (Wildman–Crippen LogP) is 3.88. The summed E-state index contributed by atoms with van der Waals surface area (Å²) in [5, 5.41) is 8.75. The zero-order valence-corrected chi connectivity index (χ0v) is 13.0. The average molecular weight is 308 g/mol. The van der Waals surface area contributed by atoms with Crippen LogP contribution >= 0.6 is 0 Å². The van der Waals surface area contributed by atoms with Crippen LogP contribution in [0.2, 0.25) is 0 Å². The average Bonchev–Trinajstić information content (AvgIpc) is 2.90. The number of aliphatic carboxylic acids is 1. The quantitative estimate of drug-likeness (QED) is 0.674. The second kappa shape index (κ2) is 7.09. The Kier molecular flexibility index (Phi) is 4.71. The van der Waals surface area contributed by atoms with Gasteiger partial charge in [-0.15, -0.1) is 0 Å². The molecule has 0 saturated carbocycles. The Balaban J connectivity index is 1.84. The molecule has 118 valence electrons. The van der Waals surface area contributed by atoms with Gasteiger partial charge in [0, 0.05) is 19.4 Å². The minimum atomic E-state index is -0.734. The Bertz CT molecular complexity index is 793. The largest absolute Gasteiger partial charge is 0.481 e. The molecule has 3 aromatic rings. The maximum absolute atomic E-state index is 10.6. The van der Waals surface area contributed by atoms with Crippen LogP contribution in [0.3, 0.4) is 0 Å². The van der Waals surface area contributed by atoms with Crippen LogP contribution in [0, 0.1) is 0 Å². The van der Waals surface area contributed by atoms with Crippen LogP contribution in [-0.2, 0) is 17.8 Å². The van der Waals surface area contributed by atoms with E-state index in [1.165, 1.54) is 5.56 Å². The molecule has 4 heteroatoms. The van der Waals surface area contributed by atoms with Gasteiger partial charge >= 0.3 is 5.97 Å². The Labute approximate surface area is 135 Å². The van der Waals surface area contributed by atoms with E-state index in [2.05, 4.69) is 22.8 Å². The molecule has 4 nitrogen and oxygen atoms in total. The maximum atomic E-state index is 10.6. The monoisotopic (exact) mass is 308 g/mol. The van der Waals surface area contributed by atoms with Gasteiger partial charge in [-0.2, -0.15) is 0 Å². The third kappa shape index (κ3) is 3.77. The highest BCUT2D eigenvalue weighted by Gasteiger charge is 2.10. The lowest BCUT2D eigenvalue weighted by Gasteiger charge is -2.09. The fourth-order valence-corrected chi connectivity index (χ4v) is 2.82. The molecule has 0 unspecified atom stereocenters. The summed E-state index contributed by atoms with van der Waals surface area (Å²) in [6.07, 6.45) is 2.54. The van der Waals surface area contributed by atoms with Crippen molar-refractivity contribution in [2.24, 2.45) is 0 Å². The number of aromatic nitrogens is 2. The van der Waals surface area contributed by atoms with Crippen molar-refractivity contribution < 1.29 is 9.90 Å². The van der Waals surface area contributed by atoms with Crippen molar-refractivity contribution in [1.82, 2.24) is 9.55 Å². The number of hydrogen-bond acceptors (Lipinski definition) is 2. The van der Waals surface area contributed by atoms with Gasteiger partial charge in [-0.05, 0) is 30.5 Å². The molecule has 0 spiro atoms. The van der Waals surface area contributed by atoms with Crippen molar-refractivity contribution in [2.75, 3.05) is 0 Å². The number of carbonyl (C=O) groups is 1. The fourth-order valence-electron chi connectivity index (χ4n) is 2.82. The van der Waals surface area contributed by atoms with Crippen molar-refractivity contribution in [3.8, 4) is 0 Å². The summed E-state index contributed by atoms with van der Waals surface area (Å²) in [6.45, 7) is 0.787. The molecule has 0 aliphatic heterocycles. The highest BCUT2D eigenvalue weighted by atomic mass is 16.4. The third-order valence-corrected chi connectivity index (χ3v) is 3.96. The van der Waals surface area contributed by atoms with Gasteiger partial charge in [0.2, 0.25) is 0 Å². The summed E-state index contributed by atoms with van der Waals surface area (Å²) in [5.41, 5.74) is 3.36. The minimum Gasteiger partial charge on any atom is -0.481 e. The molecule has 1 aromatic heterocycles. The van der Waals surface area contributed by atoms with Crippen LogP contribution in [0.4, 0.5) is 0 Å². The number of hydrogen-bond donors (Lipinski definition) is 1. The second-order valence-corrected chi connectivity index (χ2v) is 5.69. The van der Waals surface area contributed by atoms with E-state index in [0.717, 1.165) is 36.2 Å². The lowest BCUT2D eigenvalue weighted by Crippen LogP contribution is -2.06. The van der Waals surface area contributed by atoms with Crippen molar-refractivity contribution in [3.05, 3.63) is 66.0 Å². The first-order valence-electron chi connectivity index (χ1n) is 7.94. The minimum absolute atomic E-state index is 0.221. The van der Waals surface area contributed by atoms with Gasteiger partial charge in [0.1, 0.15) is 5.82 Å². The number of carboxylic acids is 1. The molecule has 0 fully saturated rings. The Morgan fingerprint density at radius 3 is 2.52 bits per heavy atom. The molecule has 3 rings (SSSR count). The van der Waals surface area contributed by atoms with Crippen molar-refractivity contribution in [2.45, 2.75) is 32.2 Å². The fraction of sp³-hybridized carbons (Fsp3) is 0.263. The summed E-state index contributed by atoms with van der Waals surface area (Å²) in [5.74, 6) is 0.295. The van der Waals surface area contributed by atoms with Gasteiger partial charge in [-0.25, -0.2) is 4.98 Å². The van der Waals surface area contributed by atoms with E-state index >= 15 is 0 Å². The molecule has 0 saturated heterocycles. The summed E-state index contributed by atoms with van der Waals surface area (Å²) >= 11 is 0. The number of unbranched alkanes of at least 4 members (excludes halogenated alkanes) is 1. The molecule has 0 radical (unpaired) electrons. The molecule has 0 bridgehead atoms. The van der Waals surface area contributed by atoms with Crippen LogP contribution < -0.4 is 0 Å². The molecule has 2 aromatic carbocycles. The first-order chi connectivity index (χ1) is 11.2. The molecule has 0 aliphatic carbocycles. The Morgan fingerprint density at radius 1 is 1.00 bits per heavy atom. The lowest BCUT2D eigenvalue weighted by atomic mass is 10.2. The third-order valence-electron chi connectivity index (χ3n) is 3.96. The highest BCUT2D eigenvalue weighted by molar-refractivity contribution is 5.76. The van der Waals surface area contributed by atoms with Gasteiger partial charge in [-0.1, -0.05) is 42.5 Å².